The fourth-order valence-electron chi connectivity index (χ4n) is 2.75. The van der Waals surface area contributed by atoms with Crippen molar-refractivity contribution in [3.8, 4) is 0 Å². The molecule has 20 heavy (non-hydrogen) atoms. The van der Waals surface area contributed by atoms with Crippen LogP contribution in [0.2, 0.25) is 0 Å². The number of nitrogens with zero attached hydrogens (tertiary/aromatic N) is 3. The van der Waals surface area contributed by atoms with Crippen molar-refractivity contribution < 1.29 is 0 Å². The highest BCUT2D eigenvalue weighted by atomic mass is 15.2. The topological polar surface area (TPSA) is 41.0 Å². The monoisotopic (exact) mass is 276 g/mol. The summed E-state index contributed by atoms with van der Waals surface area (Å²) in [6.07, 6.45) is 3.62. The van der Waals surface area contributed by atoms with E-state index in [-0.39, 0.29) is 0 Å². The lowest BCUT2D eigenvalue weighted by atomic mass is 10.1. The minimum absolute atomic E-state index is 0.448. The molecule has 0 atom stereocenters. The molecule has 2 rings (SSSR count). The van der Waals surface area contributed by atoms with E-state index in [9.17, 15) is 0 Å². The number of aryl methyl sites for hydroxylation is 1. The minimum atomic E-state index is 0.448. The van der Waals surface area contributed by atoms with E-state index in [0.29, 0.717) is 12.0 Å². The summed E-state index contributed by atoms with van der Waals surface area (Å²) in [4.78, 5) is 11.7. The quantitative estimate of drug-likeness (QED) is 0.896. The molecular weight excluding hydrogens is 248 g/mol. The van der Waals surface area contributed by atoms with Gasteiger partial charge in [-0.15, -0.1) is 0 Å². The Morgan fingerprint density at radius 1 is 1.30 bits per heavy atom. The first-order chi connectivity index (χ1) is 9.58. The lowest BCUT2D eigenvalue weighted by Crippen LogP contribution is -2.39. The van der Waals surface area contributed by atoms with Gasteiger partial charge < -0.3 is 10.2 Å². The predicted molar refractivity (Wildman–Crippen MR) is 84.2 cm³/mol. The molecule has 0 bridgehead atoms. The Balaban J connectivity index is 1.94. The van der Waals surface area contributed by atoms with Gasteiger partial charge in [-0.1, -0.05) is 20.8 Å². The van der Waals surface area contributed by atoms with Crippen LogP contribution in [0.5, 0.6) is 0 Å². The van der Waals surface area contributed by atoms with Gasteiger partial charge in [0.1, 0.15) is 0 Å². The van der Waals surface area contributed by atoms with Gasteiger partial charge in [0, 0.05) is 30.5 Å². The molecular formula is C16H28N4. The second-order valence-corrected chi connectivity index (χ2v) is 6.17. The van der Waals surface area contributed by atoms with Crippen molar-refractivity contribution >= 4 is 5.95 Å². The molecule has 0 spiro atoms. The van der Waals surface area contributed by atoms with Gasteiger partial charge in [-0.05, 0) is 44.7 Å². The average Bonchev–Trinajstić information content (AvgIpc) is 2.40. The van der Waals surface area contributed by atoms with Crippen molar-refractivity contribution in [3.63, 3.8) is 0 Å². The van der Waals surface area contributed by atoms with Crippen LogP contribution in [-0.2, 0) is 0 Å². The maximum absolute atomic E-state index is 4.65. The summed E-state index contributed by atoms with van der Waals surface area (Å²) in [7, 11) is 0. The molecule has 112 valence electrons. The summed E-state index contributed by atoms with van der Waals surface area (Å²) in [6, 6.07) is 2.60. The summed E-state index contributed by atoms with van der Waals surface area (Å²) >= 11 is 0. The molecule has 1 aliphatic rings. The highest BCUT2D eigenvalue weighted by molar-refractivity contribution is 5.30. The molecule has 1 aliphatic heterocycles. The molecule has 0 aromatic carbocycles. The van der Waals surface area contributed by atoms with Crippen molar-refractivity contribution in [1.82, 2.24) is 14.9 Å². The lowest BCUT2D eigenvalue weighted by Gasteiger charge is -2.32. The van der Waals surface area contributed by atoms with E-state index in [1.54, 1.807) is 0 Å². The van der Waals surface area contributed by atoms with Crippen LogP contribution in [0.3, 0.4) is 0 Å². The summed E-state index contributed by atoms with van der Waals surface area (Å²) in [5, 5.41) is 3.53. The molecule has 4 nitrogen and oxygen atoms in total. The number of hydrogen-bond donors (Lipinski definition) is 1. The second-order valence-electron chi connectivity index (χ2n) is 6.17. The number of likely N-dealkylation sites (tertiary alicyclic amines) is 1. The van der Waals surface area contributed by atoms with Gasteiger partial charge in [0.15, 0.2) is 0 Å². The molecule has 1 N–H and O–H groups in total. The highest BCUT2D eigenvalue weighted by Gasteiger charge is 2.19. The zero-order valence-corrected chi connectivity index (χ0v) is 13.3. The summed E-state index contributed by atoms with van der Waals surface area (Å²) in [5.74, 6) is 1.26. The van der Waals surface area contributed by atoms with Gasteiger partial charge in [0.05, 0.1) is 0 Å². The fourth-order valence-corrected chi connectivity index (χ4v) is 2.75. The summed E-state index contributed by atoms with van der Waals surface area (Å²) in [6.45, 7) is 12.2. The van der Waals surface area contributed by atoms with Crippen LogP contribution in [-0.4, -0.2) is 40.5 Å². The van der Waals surface area contributed by atoms with Gasteiger partial charge in [-0.25, -0.2) is 9.97 Å². The maximum Gasteiger partial charge on any atom is 0.223 e. The van der Waals surface area contributed by atoms with E-state index in [1.165, 1.54) is 38.9 Å². The molecule has 1 aromatic heterocycles. The predicted octanol–water partition coefficient (Wildman–Crippen LogP) is 3.19. The van der Waals surface area contributed by atoms with Crippen molar-refractivity contribution in [2.24, 2.45) is 0 Å². The molecule has 0 unspecified atom stereocenters. The zero-order valence-electron chi connectivity index (χ0n) is 13.3. The lowest BCUT2D eigenvalue weighted by molar-refractivity contribution is 0.219. The summed E-state index contributed by atoms with van der Waals surface area (Å²) in [5.41, 5.74) is 2.18. The SMILES string of the molecule is CCCN1CCC(Nc2nc(C)cc(C(C)C)n2)CC1. The first-order valence-corrected chi connectivity index (χ1v) is 7.93. The van der Waals surface area contributed by atoms with Crippen LogP contribution in [0.1, 0.15) is 57.3 Å². The Kier molecular flexibility index (Phi) is 5.35. The standard InChI is InChI=1S/C16H28N4/c1-5-8-20-9-6-14(7-10-20)18-16-17-13(4)11-15(19-16)12(2)3/h11-12,14H,5-10H2,1-4H3,(H,17,18,19). The summed E-state index contributed by atoms with van der Waals surface area (Å²) < 4.78 is 0. The van der Waals surface area contributed by atoms with Crippen molar-refractivity contribution in [3.05, 3.63) is 17.5 Å². The van der Waals surface area contributed by atoms with Crippen LogP contribution < -0.4 is 5.32 Å². The number of piperidine rings is 1. The van der Waals surface area contributed by atoms with E-state index >= 15 is 0 Å². The van der Waals surface area contributed by atoms with Crippen LogP contribution in [0, 0.1) is 6.92 Å². The Hall–Kier alpha value is -1.16. The van der Waals surface area contributed by atoms with E-state index in [4.69, 9.17) is 0 Å². The highest BCUT2D eigenvalue weighted by Crippen LogP contribution is 2.18. The van der Waals surface area contributed by atoms with Gasteiger partial charge >= 0.3 is 0 Å². The number of hydrogen-bond acceptors (Lipinski definition) is 4. The first-order valence-electron chi connectivity index (χ1n) is 7.93. The van der Waals surface area contributed by atoms with E-state index in [2.05, 4.69) is 47.0 Å². The second kappa shape index (κ2) is 7.02. The smallest absolute Gasteiger partial charge is 0.223 e. The third-order valence-corrected chi connectivity index (χ3v) is 3.93. The molecule has 1 aromatic rings. The normalized spacial score (nSPS) is 17.6. The van der Waals surface area contributed by atoms with Crippen molar-refractivity contribution in [2.75, 3.05) is 25.0 Å². The molecule has 4 heteroatoms. The number of anilines is 1. The minimum Gasteiger partial charge on any atom is -0.351 e. The maximum atomic E-state index is 4.65. The largest absolute Gasteiger partial charge is 0.351 e. The van der Waals surface area contributed by atoms with Crippen LogP contribution in [0.25, 0.3) is 0 Å². The third kappa shape index (κ3) is 4.17. The molecule has 0 amide bonds. The van der Waals surface area contributed by atoms with Gasteiger partial charge in [-0.3, -0.25) is 0 Å². The molecule has 0 aliphatic carbocycles. The van der Waals surface area contributed by atoms with Crippen LogP contribution in [0.4, 0.5) is 5.95 Å². The number of nitrogens with one attached hydrogen (secondary N) is 1. The first kappa shape index (κ1) is 15.2. The Morgan fingerprint density at radius 3 is 2.60 bits per heavy atom. The average molecular weight is 276 g/mol. The van der Waals surface area contributed by atoms with Gasteiger partial charge in [-0.2, -0.15) is 0 Å². The third-order valence-electron chi connectivity index (χ3n) is 3.93. The molecule has 1 saturated heterocycles. The number of aromatic nitrogens is 2. The fraction of sp³-hybridized carbons (Fsp3) is 0.750. The molecule has 0 radical (unpaired) electrons. The molecule has 0 saturated carbocycles. The number of rotatable bonds is 5. The van der Waals surface area contributed by atoms with Gasteiger partial charge in [0.2, 0.25) is 5.95 Å². The van der Waals surface area contributed by atoms with E-state index in [1.807, 2.05) is 6.92 Å². The Morgan fingerprint density at radius 2 is 2.00 bits per heavy atom. The van der Waals surface area contributed by atoms with Crippen molar-refractivity contribution in [1.29, 1.82) is 0 Å². The van der Waals surface area contributed by atoms with Crippen LogP contribution in [0.15, 0.2) is 6.07 Å². The van der Waals surface area contributed by atoms with E-state index in [0.717, 1.165) is 17.3 Å². The zero-order chi connectivity index (χ0) is 14.5. The Labute approximate surface area is 123 Å². The van der Waals surface area contributed by atoms with Gasteiger partial charge in [0.25, 0.3) is 0 Å². The van der Waals surface area contributed by atoms with Crippen molar-refractivity contribution in [2.45, 2.75) is 58.9 Å². The van der Waals surface area contributed by atoms with Crippen LogP contribution >= 0.6 is 0 Å². The molecule has 2 heterocycles. The molecule has 1 fully saturated rings. The van der Waals surface area contributed by atoms with E-state index < -0.39 is 0 Å². The Bertz CT molecular complexity index is 422.